The summed E-state index contributed by atoms with van der Waals surface area (Å²) in [6.07, 6.45) is 0. The molecule has 0 aliphatic carbocycles. The molecule has 2 heterocycles. The molecule has 1 aliphatic heterocycles. The number of hydrogen-bond acceptors (Lipinski definition) is 3. The number of nitrogens with zero attached hydrogens (tertiary/aromatic N) is 2. The van der Waals surface area contributed by atoms with Crippen molar-refractivity contribution in [2.24, 2.45) is 5.73 Å². The minimum atomic E-state index is 0.00793. The Morgan fingerprint density at radius 2 is 1.72 bits per heavy atom. The van der Waals surface area contributed by atoms with Gasteiger partial charge in [-0.15, -0.1) is 0 Å². The molecule has 1 aromatic carbocycles. The zero-order chi connectivity index (χ0) is 12.5. The lowest BCUT2D eigenvalue weighted by atomic mass is 10.1. The molecule has 3 rings (SSSR count). The van der Waals surface area contributed by atoms with E-state index >= 15 is 0 Å². The van der Waals surface area contributed by atoms with Gasteiger partial charge in [0.25, 0.3) is 0 Å². The number of nitrogens with one attached hydrogen (secondary N) is 1. The minimum Gasteiger partial charge on any atom is -0.382 e. The third kappa shape index (κ3) is 1.82. The Kier molecular flexibility index (Phi) is 2.48. The molecule has 0 fully saturated rings. The maximum absolute atomic E-state index is 7.43. The Morgan fingerprint density at radius 1 is 1.06 bits per heavy atom. The highest BCUT2D eigenvalue weighted by molar-refractivity contribution is 5.93. The lowest BCUT2D eigenvalue weighted by molar-refractivity contribution is 0.855. The van der Waals surface area contributed by atoms with Crippen molar-refractivity contribution in [3.63, 3.8) is 0 Å². The Labute approximate surface area is 106 Å². The molecular weight excluding hydrogens is 224 g/mol. The lowest BCUT2D eigenvalue weighted by Gasteiger charge is -2.16. The molecule has 0 amide bonds. The molecular formula is C14H14N4. The van der Waals surface area contributed by atoms with Crippen molar-refractivity contribution in [3.05, 3.63) is 59.3 Å². The fraction of sp³-hybridized carbons (Fsp3) is 0.143. The van der Waals surface area contributed by atoms with Crippen molar-refractivity contribution in [2.45, 2.75) is 13.1 Å². The van der Waals surface area contributed by atoms with E-state index in [9.17, 15) is 0 Å². The molecule has 0 saturated carbocycles. The predicted octanol–water partition coefficient (Wildman–Crippen LogP) is 1.89. The van der Waals surface area contributed by atoms with Crippen LogP contribution in [0.3, 0.4) is 0 Å². The first-order valence-electron chi connectivity index (χ1n) is 5.87. The monoisotopic (exact) mass is 238 g/mol. The average Bonchev–Trinajstić information content (AvgIpc) is 2.82. The van der Waals surface area contributed by atoms with Crippen LogP contribution in [0.2, 0.25) is 0 Å². The van der Waals surface area contributed by atoms with Crippen molar-refractivity contribution in [1.82, 2.24) is 4.98 Å². The molecule has 90 valence electrons. The number of aromatic nitrogens is 1. The Hall–Kier alpha value is -2.36. The van der Waals surface area contributed by atoms with Crippen molar-refractivity contribution in [3.8, 4) is 0 Å². The predicted molar refractivity (Wildman–Crippen MR) is 71.6 cm³/mol. The van der Waals surface area contributed by atoms with E-state index in [2.05, 4.69) is 34.1 Å². The maximum Gasteiger partial charge on any atom is 0.141 e. The molecule has 0 bridgehead atoms. The van der Waals surface area contributed by atoms with Gasteiger partial charge < -0.3 is 10.6 Å². The quantitative estimate of drug-likeness (QED) is 0.620. The standard InChI is InChI=1S/C14H14N4/c15-14(16)12-6-3-7-13(17-12)18-8-10-4-1-2-5-11(10)9-18/h1-7H,8-9H2,(H3,15,16). The van der Waals surface area contributed by atoms with Gasteiger partial charge in [0.05, 0.1) is 0 Å². The van der Waals surface area contributed by atoms with Crippen LogP contribution in [-0.2, 0) is 13.1 Å². The number of nitrogen functional groups attached to an aromatic ring is 1. The minimum absolute atomic E-state index is 0.00793. The number of fused-ring (bicyclic) bond motifs is 1. The van der Waals surface area contributed by atoms with Crippen LogP contribution in [0.5, 0.6) is 0 Å². The molecule has 1 aromatic heterocycles. The number of amidine groups is 1. The summed E-state index contributed by atoms with van der Waals surface area (Å²) < 4.78 is 0. The Morgan fingerprint density at radius 3 is 2.33 bits per heavy atom. The summed E-state index contributed by atoms with van der Waals surface area (Å²) in [5.41, 5.74) is 8.68. The van der Waals surface area contributed by atoms with Crippen LogP contribution in [0.1, 0.15) is 16.8 Å². The van der Waals surface area contributed by atoms with Gasteiger partial charge in [0.2, 0.25) is 0 Å². The molecule has 0 spiro atoms. The first-order valence-corrected chi connectivity index (χ1v) is 5.87. The number of hydrogen-bond donors (Lipinski definition) is 2. The smallest absolute Gasteiger partial charge is 0.141 e. The van der Waals surface area contributed by atoms with Gasteiger partial charge >= 0.3 is 0 Å². The van der Waals surface area contributed by atoms with Crippen molar-refractivity contribution >= 4 is 11.7 Å². The van der Waals surface area contributed by atoms with Gasteiger partial charge in [0.15, 0.2) is 0 Å². The second-order valence-corrected chi connectivity index (χ2v) is 4.42. The van der Waals surface area contributed by atoms with Crippen molar-refractivity contribution in [2.75, 3.05) is 4.90 Å². The van der Waals surface area contributed by atoms with Crippen molar-refractivity contribution < 1.29 is 0 Å². The van der Waals surface area contributed by atoms with Crippen LogP contribution >= 0.6 is 0 Å². The normalized spacial score (nSPS) is 13.4. The van der Waals surface area contributed by atoms with E-state index in [1.54, 1.807) is 6.07 Å². The SMILES string of the molecule is N=C(N)c1cccc(N2Cc3ccccc3C2)n1. The highest BCUT2D eigenvalue weighted by atomic mass is 15.2. The third-order valence-electron chi connectivity index (χ3n) is 3.18. The summed E-state index contributed by atoms with van der Waals surface area (Å²) in [5, 5.41) is 7.43. The molecule has 0 radical (unpaired) electrons. The molecule has 0 atom stereocenters. The summed E-state index contributed by atoms with van der Waals surface area (Å²) in [6, 6.07) is 14.0. The van der Waals surface area contributed by atoms with E-state index in [0.29, 0.717) is 5.69 Å². The second kappa shape index (κ2) is 4.14. The molecule has 1 aliphatic rings. The highest BCUT2D eigenvalue weighted by Gasteiger charge is 2.19. The van der Waals surface area contributed by atoms with E-state index in [-0.39, 0.29) is 5.84 Å². The summed E-state index contributed by atoms with van der Waals surface area (Å²) in [6.45, 7) is 1.73. The van der Waals surface area contributed by atoms with E-state index in [1.165, 1.54) is 11.1 Å². The highest BCUT2D eigenvalue weighted by Crippen LogP contribution is 2.26. The summed E-state index contributed by atoms with van der Waals surface area (Å²) in [5.74, 6) is 0.882. The van der Waals surface area contributed by atoms with Gasteiger partial charge in [-0.25, -0.2) is 4.98 Å². The van der Waals surface area contributed by atoms with E-state index < -0.39 is 0 Å². The zero-order valence-corrected chi connectivity index (χ0v) is 9.93. The maximum atomic E-state index is 7.43. The number of benzene rings is 1. The molecule has 4 heteroatoms. The van der Waals surface area contributed by atoms with Gasteiger partial charge in [-0.1, -0.05) is 30.3 Å². The van der Waals surface area contributed by atoms with Crippen LogP contribution < -0.4 is 10.6 Å². The van der Waals surface area contributed by atoms with Gasteiger partial charge in [-0.05, 0) is 23.3 Å². The number of nitrogens with two attached hydrogens (primary N) is 1. The molecule has 18 heavy (non-hydrogen) atoms. The molecule has 0 saturated heterocycles. The molecule has 2 aromatic rings. The summed E-state index contributed by atoms with van der Waals surface area (Å²) >= 11 is 0. The van der Waals surface area contributed by atoms with Crippen LogP contribution in [-0.4, -0.2) is 10.8 Å². The number of rotatable bonds is 2. The van der Waals surface area contributed by atoms with E-state index in [0.717, 1.165) is 18.9 Å². The van der Waals surface area contributed by atoms with Gasteiger partial charge in [-0.2, -0.15) is 0 Å². The molecule has 3 N–H and O–H groups in total. The number of pyridine rings is 1. The van der Waals surface area contributed by atoms with Crippen LogP contribution in [0, 0.1) is 5.41 Å². The van der Waals surface area contributed by atoms with Crippen molar-refractivity contribution in [1.29, 1.82) is 5.41 Å². The van der Waals surface area contributed by atoms with Gasteiger partial charge in [-0.3, -0.25) is 5.41 Å². The first kappa shape index (κ1) is 10.8. The average molecular weight is 238 g/mol. The molecule has 4 nitrogen and oxygen atoms in total. The fourth-order valence-electron chi connectivity index (χ4n) is 2.24. The van der Waals surface area contributed by atoms with Crippen LogP contribution in [0.15, 0.2) is 42.5 Å². The van der Waals surface area contributed by atoms with Crippen LogP contribution in [0.25, 0.3) is 0 Å². The lowest BCUT2D eigenvalue weighted by Crippen LogP contribution is -2.19. The molecule has 0 unspecified atom stereocenters. The Balaban J connectivity index is 1.90. The third-order valence-corrected chi connectivity index (χ3v) is 3.18. The van der Waals surface area contributed by atoms with Gasteiger partial charge in [0, 0.05) is 13.1 Å². The van der Waals surface area contributed by atoms with Gasteiger partial charge in [0.1, 0.15) is 17.3 Å². The number of anilines is 1. The van der Waals surface area contributed by atoms with E-state index in [4.69, 9.17) is 11.1 Å². The Bertz CT molecular complexity index is 581. The summed E-state index contributed by atoms with van der Waals surface area (Å²) in [7, 11) is 0. The second-order valence-electron chi connectivity index (χ2n) is 4.42. The summed E-state index contributed by atoms with van der Waals surface area (Å²) in [4.78, 5) is 6.61. The largest absolute Gasteiger partial charge is 0.382 e. The topological polar surface area (TPSA) is 66.0 Å². The zero-order valence-electron chi connectivity index (χ0n) is 9.93. The fourth-order valence-corrected chi connectivity index (χ4v) is 2.24. The van der Waals surface area contributed by atoms with Crippen LogP contribution in [0.4, 0.5) is 5.82 Å². The first-order chi connectivity index (χ1) is 8.74. The van der Waals surface area contributed by atoms with E-state index in [1.807, 2.05) is 12.1 Å².